The van der Waals surface area contributed by atoms with Crippen LogP contribution in [0.3, 0.4) is 0 Å². The van der Waals surface area contributed by atoms with Crippen LogP contribution in [0.25, 0.3) is 0 Å². The van der Waals surface area contributed by atoms with Gasteiger partial charge in [-0.15, -0.1) is 0 Å². The van der Waals surface area contributed by atoms with Gasteiger partial charge in [-0.25, -0.2) is 0 Å². The molecule has 0 N–H and O–H groups in total. The van der Waals surface area contributed by atoms with Crippen molar-refractivity contribution in [1.29, 1.82) is 0 Å². The highest BCUT2D eigenvalue weighted by Gasteiger charge is 2.47. The summed E-state index contributed by atoms with van der Waals surface area (Å²) in [7, 11) is -2.12. The van der Waals surface area contributed by atoms with E-state index in [9.17, 15) is 4.79 Å². The summed E-state index contributed by atoms with van der Waals surface area (Å²) in [6, 6.07) is 10.1. The summed E-state index contributed by atoms with van der Waals surface area (Å²) in [6.07, 6.45) is 8.05. The number of rotatable bonds is 5. The van der Waals surface area contributed by atoms with E-state index in [0.717, 1.165) is 11.1 Å². The molecule has 0 saturated carbocycles. The molecule has 37 heavy (non-hydrogen) atoms. The first kappa shape index (κ1) is 29.6. The van der Waals surface area contributed by atoms with E-state index in [1.807, 2.05) is 43.3 Å². The van der Waals surface area contributed by atoms with Gasteiger partial charge in [0.1, 0.15) is 12.2 Å². The molecule has 3 rings (SSSR count). The Morgan fingerprint density at radius 2 is 1.86 bits per heavy atom. The van der Waals surface area contributed by atoms with Crippen molar-refractivity contribution in [2.24, 2.45) is 5.92 Å². The molecule has 5 nitrogen and oxygen atoms in total. The Balaban J connectivity index is 1.97. The van der Waals surface area contributed by atoms with Crippen LogP contribution < -0.4 is 0 Å². The molecule has 0 radical (unpaired) electrons. The highest BCUT2D eigenvalue weighted by atomic mass is 28.4. The van der Waals surface area contributed by atoms with Gasteiger partial charge in [-0.1, -0.05) is 88.9 Å². The summed E-state index contributed by atoms with van der Waals surface area (Å²) in [4.78, 5) is 13.2. The van der Waals surface area contributed by atoms with Gasteiger partial charge in [0.25, 0.3) is 0 Å². The lowest BCUT2D eigenvalue weighted by molar-refractivity contribution is -0.151. The Kier molecular flexibility index (Phi) is 9.44. The highest BCUT2D eigenvalue weighted by Crippen LogP contribution is 2.44. The molecule has 6 heteroatoms. The van der Waals surface area contributed by atoms with Crippen molar-refractivity contribution in [3.8, 4) is 0 Å². The number of allylic oxidation sites excluding steroid dienone is 2. The minimum Gasteiger partial charge on any atom is -0.457 e. The molecule has 2 aliphatic heterocycles. The van der Waals surface area contributed by atoms with E-state index in [0.29, 0.717) is 12.8 Å². The molecule has 1 unspecified atom stereocenters. The first-order chi connectivity index (χ1) is 17.3. The summed E-state index contributed by atoms with van der Waals surface area (Å²) in [5.41, 5.74) is 1.39. The molecular formula is C31H46O5Si. The molecule has 0 aromatic heterocycles. The standard InChI is InChI=1S/C31H46O5Si/c1-10-14-22(2)28-23(3)17-18-26-31(7,35-29(33-26)24-15-12-11-13-16-24)20-19-25(21-27(32)34-28)36-37(8,9)30(4,5)6/h10-18,23,25-26,28-29H,1,19-21H2,2-9H3/t23-,25+,26-,28+,29?,31+/m0/s1. The average molecular weight is 527 g/mol. The summed E-state index contributed by atoms with van der Waals surface area (Å²) in [6.45, 7) is 21.1. The van der Waals surface area contributed by atoms with Gasteiger partial charge in [-0.2, -0.15) is 0 Å². The SMILES string of the molecule is C=CC=C(C)[C@H]1OC(=O)C[C@H](O[Si](C)(C)C(C)(C)C)CC[C@@]2(C)OC(c3ccccc3)O[C@H]2C=C[C@@H]1C. The monoisotopic (exact) mass is 526 g/mol. The zero-order valence-electron chi connectivity index (χ0n) is 24.0. The smallest absolute Gasteiger partial charge is 0.308 e. The second kappa shape index (κ2) is 11.8. The van der Waals surface area contributed by atoms with E-state index in [1.165, 1.54) is 0 Å². The third-order valence-electron chi connectivity index (χ3n) is 8.10. The van der Waals surface area contributed by atoms with Crippen molar-refractivity contribution in [2.75, 3.05) is 0 Å². The highest BCUT2D eigenvalue weighted by molar-refractivity contribution is 6.74. The van der Waals surface area contributed by atoms with Gasteiger partial charge in [0.2, 0.25) is 0 Å². The molecule has 204 valence electrons. The number of carbonyl (C=O) groups excluding carboxylic acids is 1. The lowest BCUT2D eigenvalue weighted by Gasteiger charge is -2.40. The van der Waals surface area contributed by atoms with E-state index in [2.05, 4.69) is 66.4 Å². The predicted molar refractivity (Wildman–Crippen MR) is 152 cm³/mol. The second-order valence-electron chi connectivity index (χ2n) is 12.3. The van der Waals surface area contributed by atoms with E-state index >= 15 is 0 Å². The maximum Gasteiger partial charge on any atom is 0.308 e. The topological polar surface area (TPSA) is 54.0 Å². The van der Waals surface area contributed by atoms with Crippen LogP contribution in [0, 0.1) is 5.92 Å². The molecule has 0 aliphatic carbocycles. The third kappa shape index (κ3) is 7.32. The van der Waals surface area contributed by atoms with Crippen LogP contribution in [0.4, 0.5) is 0 Å². The second-order valence-corrected chi connectivity index (χ2v) is 17.0. The maximum atomic E-state index is 13.2. The number of hydrogen-bond donors (Lipinski definition) is 0. The van der Waals surface area contributed by atoms with Gasteiger partial charge in [0.05, 0.1) is 18.1 Å². The molecule has 1 aromatic carbocycles. The van der Waals surface area contributed by atoms with Crippen LogP contribution in [-0.4, -0.2) is 38.2 Å². The molecule has 1 saturated heterocycles. The van der Waals surface area contributed by atoms with Gasteiger partial charge in [-0.3, -0.25) is 4.79 Å². The number of benzene rings is 1. The van der Waals surface area contributed by atoms with Crippen LogP contribution >= 0.6 is 0 Å². The fraction of sp³-hybridized carbons (Fsp3) is 0.581. The number of esters is 1. The zero-order chi connectivity index (χ0) is 27.4. The van der Waals surface area contributed by atoms with Crippen LogP contribution in [0.15, 0.2) is 66.8 Å². The number of carbonyl (C=O) groups is 1. The van der Waals surface area contributed by atoms with Crippen molar-refractivity contribution in [1.82, 2.24) is 0 Å². The predicted octanol–water partition coefficient (Wildman–Crippen LogP) is 7.67. The molecular weight excluding hydrogens is 480 g/mol. The van der Waals surface area contributed by atoms with Crippen molar-refractivity contribution in [2.45, 2.75) is 109 Å². The molecule has 2 aliphatic rings. The third-order valence-corrected chi connectivity index (χ3v) is 12.6. The molecule has 0 amide bonds. The van der Waals surface area contributed by atoms with Crippen LogP contribution in [0.2, 0.25) is 18.1 Å². The fourth-order valence-electron chi connectivity index (χ4n) is 4.72. The van der Waals surface area contributed by atoms with E-state index in [4.69, 9.17) is 18.6 Å². The number of hydrogen-bond acceptors (Lipinski definition) is 5. The van der Waals surface area contributed by atoms with Gasteiger partial charge in [0.15, 0.2) is 14.6 Å². The maximum absolute atomic E-state index is 13.2. The van der Waals surface area contributed by atoms with Crippen LogP contribution in [-0.2, 0) is 23.4 Å². The normalized spacial score (nSPS) is 32.2. The molecule has 0 spiro atoms. The summed E-state index contributed by atoms with van der Waals surface area (Å²) < 4.78 is 25.9. The van der Waals surface area contributed by atoms with E-state index in [1.54, 1.807) is 6.08 Å². The fourth-order valence-corrected chi connectivity index (χ4v) is 6.10. The van der Waals surface area contributed by atoms with Gasteiger partial charge >= 0.3 is 5.97 Å². The lowest BCUT2D eigenvalue weighted by Crippen LogP contribution is -2.45. The first-order valence-corrected chi connectivity index (χ1v) is 16.4. The first-order valence-electron chi connectivity index (χ1n) is 13.5. The van der Waals surface area contributed by atoms with Crippen LogP contribution in [0.1, 0.15) is 72.7 Å². The average Bonchev–Trinajstić information content (AvgIpc) is 3.15. The van der Waals surface area contributed by atoms with Gasteiger partial charge in [-0.05, 0) is 50.4 Å². The van der Waals surface area contributed by atoms with Crippen molar-refractivity contribution in [3.05, 3.63) is 72.4 Å². The zero-order valence-corrected chi connectivity index (χ0v) is 25.0. The Morgan fingerprint density at radius 1 is 1.19 bits per heavy atom. The molecule has 2 heterocycles. The summed E-state index contributed by atoms with van der Waals surface area (Å²) >= 11 is 0. The van der Waals surface area contributed by atoms with Crippen molar-refractivity contribution in [3.63, 3.8) is 0 Å². The number of fused-ring (bicyclic) bond motifs is 1. The van der Waals surface area contributed by atoms with E-state index < -0.39 is 26.3 Å². The minimum atomic E-state index is -2.12. The Hall–Kier alpha value is -1.99. The number of ether oxygens (including phenoxy) is 3. The Bertz CT molecular complexity index is 993. The number of cyclic esters (lactones) is 1. The van der Waals surface area contributed by atoms with Crippen molar-refractivity contribution < 1.29 is 23.4 Å². The minimum absolute atomic E-state index is 0.0292. The summed E-state index contributed by atoms with van der Waals surface area (Å²) in [5.74, 6) is -0.290. The lowest BCUT2D eigenvalue weighted by atomic mass is 9.89. The quantitative estimate of drug-likeness (QED) is 0.170. The largest absolute Gasteiger partial charge is 0.457 e. The van der Waals surface area contributed by atoms with E-state index in [-0.39, 0.29) is 35.6 Å². The molecule has 0 bridgehead atoms. The van der Waals surface area contributed by atoms with Gasteiger partial charge < -0.3 is 18.6 Å². The summed E-state index contributed by atoms with van der Waals surface area (Å²) in [5, 5.41) is 0.0292. The molecule has 6 atom stereocenters. The van der Waals surface area contributed by atoms with Crippen LogP contribution in [0.5, 0.6) is 0 Å². The van der Waals surface area contributed by atoms with Gasteiger partial charge in [0, 0.05) is 11.5 Å². The van der Waals surface area contributed by atoms with Crippen molar-refractivity contribution >= 4 is 14.3 Å². The Morgan fingerprint density at radius 3 is 2.49 bits per heavy atom. The molecule has 1 fully saturated rings. The molecule has 1 aromatic rings. The Labute approximate surface area is 225 Å².